The number of fused-ring (bicyclic) bond motifs is 1. The minimum Gasteiger partial charge on any atom is -0.311 e. The molecule has 0 fully saturated rings. The van der Waals surface area contributed by atoms with Gasteiger partial charge in [0.15, 0.2) is 0 Å². The lowest BCUT2D eigenvalue weighted by atomic mass is 10.1. The maximum Gasteiger partial charge on any atom is 0.139 e. The standard InChI is InChI=1S/C60H45N7/c1-8-22-46(23-9-1)63(47-24-10-2-11-25-47)52-36-40-54(41-37-52)65(50-30-16-5-17-31-50)57-44-45-58(60-59(57)61-67(62-60)56-34-20-7-21-35-56)66(51-32-18-6-19-33-51)55-42-38-53(39-43-55)64(48-26-12-3-13-27-48)49-28-14-4-15-29-49/h1-45H. The van der Waals surface area contributed by atoms with E-state index in [1.807, 2.05) is 30.3 Å². The van der Waals surface area contributed by atoms with Crippen molar-refractivity contribution in [2.75, 3.05) is 19.6 Å². The molecule has 7 heteroatoms. The second kappa shape index (κ2) is 18.5. The van der Waals surface area contributed by atoms with E-state index in [4.69, 9.17) is 10.2 Å². The van der Waals surface area contributed by atoms with Gasteiger partial charge in [-0.1, -0.05) is 127 Å². The molecule has 7 nitrogen and oxygen atoms in total. The molecule has 0 spiro atoms. The second-order valence-electron chi connectivity index (χ2n) is 16.0. The minimum atomic E-state index is 0.751. The van der Waals surface area contributed by atoms with Gasteiger partial charge in [-0.05, 0) is 146 Å². The number of hydrogen-bond acceptors (Lipinski definition) is 6. The van der Waals surface area contributed by atoms with Gasteiger partial charge in [-0.15, -0.1) is 10.2 Å². The smallest absolute Gasteiger partial charge is 0.139 e. The van der Waals surface area contributed by atoms with Crippen LogP contribution in [0.25, 0.3) is 16.7 Å². The van der Waals surface area contributed by atoms with E-state index in [0.717, 1.165) is 85.0 Å². The van der Waals surface area contributed by atoms with E-state index in [-0.39, 0.29) is 0 Å². The fraction of sp³-hybridized carbons (Fsp3) is 0. The monoisotopic (exact) mass is 863 g/mol. The highest BCUT2D eigenvalue weighted by molar-refractivity contribution is 6.03. The van der Waals surface area contributed by atoms with Crippen molar-refractivity contribution < 1.29 is 0 Å². The van der Waals surface area contributed by atoms with Gasteiger partial charge in [0, 0.05) is 56.9 Å². The van der Waals surface area contributed by atoms with Crippen LogP contribution in [0.4, 0.5) is 68.2 Å². The normalized spacial score (nSPS) is 11.0. The molecule has 0 unspecified atom stereocenters. The fourth-order valence-electron chi connectivity index (χ4n) is 8.72. The summed E-state index contributed by atoms with van der Waals surface area (Å²) in [4.78, 5) is 10.9. The predicted molar refractivity (Wildman–Crippen MR) is 278 cm³/mol. The van der Waals surface area contributed by atoms with Crippen LogP contribution in [-0.2, 0) is 0 Å². The van der Waals surface area contributed by atoms with Gasteiger partial charge in [-0.25, -0.2) is 0 Å². The van der Waals surface area contributed by atoms with Crippen molar-refractivity contribution in [2.24, 2.45) is 0 Å². The van der Waals surface area contributed by atoms with Crippen molar-refractivity contribution in [3.05, 3.63) is 273 Å². The van der Waals surface area contributed by atoms with Crippen molar-refractivity contribution in [3.63, 3.8) is 0 Å². The van der Waals surface area contributed by atoms with E-state index in [2.05, 4.69) is 262 Å². The van der Waals surface area contributed by atoms with E-state index >= 15 is 0 Å². The molecule has 0 N–H and O–H groups in total. The van der Waals surface area contributed by atoms with Gasteiger partial charge in [-0.3, -0.25) is 0 Å². The Bertz CT molecular complexity index is 3030. The van der Waals surface area contributed by atoms with Crippen LogP contribution < -0.4 is 19.6 Å². The number of hydrogen-bond donors (Lipinski definition) is 0. The summed E-state index contributed by atoms with van der Waals surface area (Å²) in [6.07, 6.45) is 0. The first-order chi connectivity index (χ1) is 33.3. The summed E-state index contributed by atoms with van der Waals surface area (Å²) in [7, 11) is 0. The molecular weight excluding hydrogens is 819 g/mol. The number of rotatable bonds is 13. The lowest BCUT2D eigenvalue weighted by Gasteiger charge is -2.30. The zero-order valence-corrected chi connectivity index (χ0v) is 36.6. The number of aromatic nitrogens is 3. The van der Waals surface area contributed by atoms with E-state index < -0.39 is 0 Å². The Morgan fingerprint density at radius 1 is 0.209 bits per heavy atom. The summed E-state index contributed by atoms with van der Waals surface area (Å²) < 4.78 is 0. The Balaban J connectivity index is 1.06. The molecule has 0 aliphatic carbocycles. The molecule has 11 rings (SSSR count). The SMILES string of the molecule is c1ccc(N(c2ccccc2)c2ccc(N(c3ccccc3)c3ccc(N(c4ccccc4)c4ccc(N(c5ccccc5)c5ccccc5)cc4)c4nn(-c5ccccc5)nc34)cc2)cc1. The molecule has 0 aliphatic heterocycles. The third-order valence-electron chi connectivity index (χ3n) is 11.8. The van der Waals surface area contributed by atoms with Crippen LogP contribution in [0.1, 0.15) is 0 Å². The Labute approximate surface area is 390 Å². The van der Waals surface area contributed by atoms with E-state index in [9.17, 15) is 0 Å². The lowest BCUT2D eigenvalue weighted by molar-refractivity contribution is 0.765. The summed E-state index contributed by atoms with van der Waals surface area (Å²) in [5.41, 5.74) is 14.5. The molecule has 0 saturated heterocycles. The van der Waals surface area contributed by atoms with Gasteiger partial charge in [0.2, 0.25) is 0 Å². The number of para-hydroxylation sites is 7. The first-order valence-electron chi connectivity index (χ1n) is 22.4. The van der Waals surface area contributed by atoms with E-state index in [1.54, 1.807) is 4.80 Å². The van der Waals surface area contributed by atoms with Gasteiger partial charge < -0.3 is 19.6 Å². The van der Waals surface area contributed by atoms with Crippen molar-refractivity contribution >= 4 is 79.3 Å². The first kappa shape index (κ1) is 40.6. The molecule has 10 aromatic carbocycles. The van der Waals surface area contributed by atoms with Gasteiger partial charge in [-0.2, -0.15) is 4.80 Å². The minimum absolute atomic E-state index is 0.751. The summed E-state index contributed by atoms with van der Waals surface area (Å²) in [6.45, 7) is 0. The molecule has 0 radical (unpaired) electrons. The summed E-state index contributed by atoms with van der Waals surface area (Å²) in [6, 6.07) is 94.9. The Morgan fingerprint density at radius 3 is 0.687 bits per heavy atom. The molecular formula is C60H45N7. The molecule has 0 aliphatic rings. The maximum absolute atomic E-state index is 5.34. The van der Waals surface area contributed by atoms with Crippen LogP contribution in [0, 0.1) is 0 Å². The molecule has 11 aromatic rings. The van der Waals surface area contributed by atoms with Crippen LogP contribution in [0.3, 0.4) is 0 Å². The van der Waals surface area contributed by atoms with Gasteiger partial charge in [0.1, 0.15) is 11.0 Å². The third kappa shape index (κ3) is 8.25. The topological polar surface area (TPSA) is 43.7 Å². The third-order valence-corrected chi connectivity index (χ3v) is 11.8. The van der Waals surface area contributed by atoms with Crippen LogP contribution in [0.15, 0.2) is 273 Å². The molecule has 1 aromatic heterocycles. The highest BCUT2D eigenvalue weighted by Gasteiger charge is 2.25. The Kier molecular flexibility index (Phi) is 11.2. The molecule has 0 bridgehead atoms. The van der Waals surface area contributed by atoms with Crippen molar-refractivity contribution in [2.45, 2.75) is 0 Å². The largest absolute Gasteiger partial charge is 0.311 e. The van der Waals surface area contributed by atoms with Gasteiger partial charge >= 0.3 is 0 Å². The molecule has 0 atom stereocenters. The van der Waals surface area contributed by atoms with E-state index in [1.165, 1.54) is 0 Å². The second-order valence-corrected chi connectivity index (χ2v) is 16.0. The maximum atomic E-state index is 5.34. The molecule has 67 heavy (non-hydrogen) atoms. The zero-order valence-electron chi connectivity index (χ0n) is 36.6. The van der Waals surface area contributed by atoms with Crippen LogP contribution >= 0.6 is 0 Å². The first-order valence-corrected chi connectivity index (χ1v) is 22.4. The molecule has 320 valence electrons. The van der Waals surface area contributed by atoms with Crippen LogP contribution in [-0.4, -0.2) is 15.0 Å². The quantitative estimate of drug-likeness (QED) is 0.115. The average Bonchev–Trinajstić information content (AvgIpc) is 3.87. The lowest BCUT2D eigenvalue weighted by Crippen LogP contribution is -2.14. The molecule has 1 heterocycles. The average molecular weight is 864 g/mol. The highest BCUT2D eigenvalue weighted by atomic mass is 15.5. The van der Waals surface area contributed by atoms with Gasteiger partial charge in [0.05, 0.1) is 17.1 Å². The van der Waals surface area contributed by atoms with Crippen LogP contribution in [0.2, 0.25) is 0 Å². The number of anilines is 12. The van der Waals surface area contributed by atoms with Crippen molar-refractivity contribution in [1.29, 1.82) is 0 Å². The summed E-state index contributed by atoms with van der Waals surface area (Å²) in [5, 5.41) is 10.7. The highest BCUT2D eigenvalue weighted by Crippen LogP contribution is 2.46. The van der Waals surface area contributed by atoms with Crippen LogP contribution in [0.5, 0.6) is 0 Å². The zero-order chi connectivity index (χ0) is 44.8. The molecule has 0 amide bonds. The Hall–Kier alpha value is -9.20. The Morgan fingerprint density at radius 2 is 0.418 bits per heavy atom. The van der Waals surface area contributed by atoms with Gasteiger partial charge in [0.25, 0.3) is 0 Å². The summed E-state index contributed by atoms with van der Waals surface area (Å²) in [5.74, 6) is 0. The fourth-order valence-corrected chi connectivity index (χ4v) is 8.72. The number of nitrogens with zero attached hydrogens (tertiary/aromatic N) is 7. The van der Waals surface area contributed by atoms with E-state index in [0.29, 0.717) is 0 Å². The predicted octanol–water partition coefficient (Wildman–Crippen LogP) is 16.3. The van der Waals surface area contributed by atoms with Crippen molar-refractivity contribution in [3.8, 4) is 5.69 Å². The number of benzene rings is 10. The van der Waals surface area contributed by atoms with Crippen molar-refractivity contribution in [1.82, 2.24) is 15.0 Å². The summed E-state index contributed by atoms with van der Waals surface area (Å²) >= 11 is 0. The molecule has 0 saturated carbocycles.